The summed E-state index contributed by atoms with van der Waals surface area (Å²) in [5.41, 5.74) is 5.88. The molecule has 0 amide bonds. The fourth-order valence-corrected chi connectivity index (χ4v) is 1.36. The predicted octanol–water partition coefficient (Wildman–Crippen LogP) is 1.07. The van der Waals surface area contributed by atoms with Crippen molar-refractivity contribution in [1.29, 1.82) is 0 Å². The molecule has 0 radical (unpaired) electrons. The number of hydrogen-bond acceptors (Lipinski definition) is 4. The summed E-state index contributed by atoms with van der Waals surface area (Å²) in [6.07, 6.45) is 0. The number of rotatable bonds is 1. The van der Waals surface area contributed by atoms with Gasteiger partial charge in [0.2, 0.25) is 0 Å². The van der Waals surface area contributed by atoms with Crippen LogP contribution in [0.3, 0.4) is 0 Å². The van der Waals surface area contributed by atoms with E-state index in [9.17, 15) is 9.18 Å². The van der Waals surface area contributed by atoms with Crippen molar-refractivity contribution in [1.82, 2.24) is 9.97 Å². The van der Waals surface area contributed by atoms with Crippen molar-refractivity contribution in [2.75, 3.05) is 12.8 Å². The number of methoxy groups -OCH3 is 1. The van der Waals surface area contributed by atoms with E-state index in [0.717, 1.165) is 6.07 Å². The normalized spacial score (nSPS) is 10.5. The van der Waals surface area contributed by atoms with Gasteiger partial charge in [0.05, 0.1) is 18.2 Å². The number of anilines is 1. The maximum atomic E-state index is 13.3. The fraction of sp³-hybridized carbons (Fsp3) is 0.111. The van der Waals surface area contributed by atoms with Gasteiger partial charge in [-0.25, -0.2) is 14.2 Å². The van der Waals surface area contributed by atoms with Crippen LogP contribution in [0.5, 0.6) is 0 Å². The molecule has 0 aliphatic rings. The maximum absolute atomic E-state index is 13.3. The number of nitrogens with zero attached hydrogens (tertiary/aromatic N) is 1. The molecule has 0 atom stereocenters. The average Bonchev–Trinajstić information content (AvgIpc) is 2.60. The van der Waals surface area contributed by atoms with Gasteiger partial charge in [-0.1, -0.05) is 0 Å². The molecule has 0 saturated carbocycles. The Kier molecular flexibility index (Phi) is 2.03. The van der Waals surface area contributed by atoms with E-state index >= 15 is 0 Å². The number of nitrogen functional groups attached to an aromatic ring is 1. The fourth-order valence-electron chi connectivity index (χ4n) is 1.36. The number of fused-ring (bicyclic) bond motifs is 1. The highest BCUT2D eigenvalue weighted by Gasteiger charge is 2.15. The van der Waals surface area contributed by atoms with Crippen LogP contribution in [-0.2, 0) is 4.74 Å². The van der Waals surface area contributed by atoms with Gasteiger partial charge in [0.1, 0.15) is 5.52 Å². The molecule has 2 rings (SSSR count). The number of carbonyl (C=O) groups excluding carboxylic acids is 1. The molecule has 15 heavy (non-hydrogen) atoms. The van der Waals surface area contributed by atoms with E-state index in [4.69, 9.17) is 5.73 Å². The molecular weight excluding hydrogens is 201 g/mol. The minimum atomic E-state index is -0.566. The Balaban J connectivity index is 2.76. The Labute approximate surface area is 84.1 Å². The molecule has 2 aromatic rings. The number of benzene rings is 1. The largest absolute Gasteiger partial charge is 0.465 e. The molecule has 0 spiro atoms. The van der Waals surface area contributed by atoms with E-state index < -0.39 is 11.8 Å². The van der Waals surface area contributed by atoms with Gasteiger partial charge in [-0.05, 0) is 12.1 Å². The zero-order valence-electron chi connectivity index (χ0n) is 7.87. The standard InChI is InChI=1S/C9H8FN3O2/c1-15-8(14)4-2-3-5(10)7-6(4)12-9(11)13-7/h2-3H,1H3,(H3,11,12,13). The van der Waals surface area contributed by atoms with Crippen molar-refractivity contribution in [3.8, 4) is 0 Å². The summed E-state index contributed by atoms with van der Waals surface area (Å²) in [4.78, 5) is 17.7. The molecule has 3 N–H and O–H groups in total. The number of aromatic amines is 1. The highest BCUT2D eigenvalue weighted by Crippen LogP contribution is 2.21. The van der Waals surface area contributed by atoms with E-state index in [0.29, 0.717) is 0 Å². The highest BCUT2D eigenvalue weighted by molar-refractivity contribution is 6.02. The van der Waals surface area contributed by atoms with Gasteiger partial charge in [-0.15, -0.1) is 0 Å². The number of H-pyrrole nitrogens is 1. The number of carbonyl (C=O) groups is 1. The van der Waals surface area contributed by atoms with E-state index in [-0.39, 0.29) is 22.5 Å². The lowest BCUT2D eigenvalue weighted by molar-refractivity contribution is 0.0603. The van der Waals surface area contributed by atoms with Gasteiger partial charge < -0.3 is 15.5 Å². The van der Waals surface area contributed by atoms with Crippen LogP contribution in [0.4, 0.5) is 10.3 Å². The Bertz CT molecular complexity index is 535. The number of imidazole rings is 1. The predicted molar refractivity (Wildman–Crippen MR) is 51.8 cm³/mol. The van der Waals surface area contributed by atoms with Crippen LogP contribution in [0, 0.1) is 5.82 Å². The van der Waals surface area contributed by atoms with Gasteiger partial charge in [0.25, 0.3) is 0 Å². The van der Waals surface area contributed by atoms with E-state index in [2.05, 4.69) is 14.7 Å². The topological polar surface area (TPSA) is 81.0 Å². The Morgan fingerprint density at radius 2 is 2.33 bits per heavy atom. The zero-order valence-corrected chi connectivity index (χ0v) is 7.87. The summed E-state index contributed by atoms with van der Waals surface area (Å²) in [6, 6.07) is 2.47. The molecule has 1 aromatic heterocycles. The number of hydrogen-bond donors (Lipinski definition) is 2. The Morgan fingerprint density at radius 3 is 3.00 bits per heavy atom. The molecule has 78 valence electrons. The third kappa shape index (κ3) is 1.39. The van der Waals surface area contributed by atoms with Gasteiger partial charge in [0, 0.05) is 0 Å². The lowest BCUT2D eigenvalue weighted by atomic mass is 10.2. The highest BCUT2D eigenvalue weighted by atomic mass is 19.1. The van der Waals surface area contributed by atoms with Crippen LogP contribution >= 0.6 is 0 Å². The second-order valence-corrected chi connectivity index (χ2v) is 2.93. The van der Waals surface area contributed by atoms with Crippen LogP contribution in [0.15, 0.2) is 12.1 Å². The molecular formula is C9H8FN3O2. The van der Waals surface area contributed by atoms with Crippen molar-refractivity contribution in [3.63, 3.8) is 0 Å². The van der Waals surface area contributed by atoms with Crippen molar-refractivity contribution in [2.24, 2.45) is 0 Å². The first kappa shape index (κ1) is 9.45. The minimum absolute atomic E-state index is 0.0374. The second-order valence-electron chi connectivity index (χ2n) is 2.93. The molecule has 0 bridgehead atoms. The Morgan fingerprint density at radius 1 is 1.60 bits per heavy atom. The van der Waals surface area contributed by atoms with Crippen LogP contribution in [0.1, 0.15) is 10.4 Å². The van der Waals surface area contributed by atoms with Crippen LogP contribution in [0.2, 0.25) is 0 Å². The molecule has 1 heterocycles. The van der Waals surface area contributed by atoms with Crippen molar-refractivity contribution in [2.45, 2.75) is 0 Å². The molecule has 0 aliphatic carbocycles. The summed E-state index contributed by atoms with van der Waals surface area (Å²) in [6.45, 7) is 0. The lowest BCUT2D eigenvalue weighted by Crippen LogP contribution is -2.02. The second kappa shape index (κ2) is 3.23. The van der Waals surface area contributed by atoms with E-state index in [1.165, 1.54) is 13.2 Å². The number of esters is 1. The summed E-state index contributed by atoms with van der Waals surface area (Å²) in [5, 5.41) is 0. The molecule has 5 nitrogen and oxygen atoms in total. The van der Waals surface area contributed by atoms with Gasteiger partial charge in [-0.3, -0.25) is 0 Å². The average molecular weight is 209 g/mol. The first-order chi connectivity index (χ1) is 7.13. The third-order valence-electron chi connectivity index (χ3n) is 2.02. The van der Waals surface area contributed by atoms with Crippen molar-refractivity contribution >= 4 is 23.0 Å². The number of nitrogens with one attached hydrogen (secondary N) is 1. The van der Waals surface area contributed by atoms with Crippen LogP contribution in [-0.4, -0.2) is 23.0 Å². The summed E-state index contributed by atoms with van der Waals surface area (Å²) < 4.78 is 17.8. The SMILES string of the molecule is COC(=O)c1ccc(F)c2nc(N)[nH]c12. The number of nitrogens with two attached hydrogens (primary N) is 1. The quantitative estimate of drug-likeness (QED) is 0.688. The molecule has 0 aliphatic heterocycles. The molecule has 0 saturated heterocycles. The maximum Gasteiger partial charge on any atom is 0.340 e. The van der Waals surface area contributed by atoms with Gasteiger partial charge in [0.15, 0.2) is 11.8 Å². The summed E-state index contributed by atoms with van der Waals surface area (Å²) in [7, 11) is 1.25. The molecule has 0 unspecified atom stereocenters. The lowest BCUT2D eigenvalue weighted by Gasteiger charge is -2.00. The van der Waals surface area contributed by atoms with Crippen LogP contribution in [0.25, 0.3) is 11.0 Å². The smallest absolute Gasteiger partial charge is 0.340 e. The summed E-state index contributed by atoms with van der Waals surface area (Å²) in [5.74, 6) is -1.05. The zero-order chi connectivity index (χ0) is 11.0. The third-order valence-corrected chi connectivity index (χ3v) is 2.02. The monoisotopic (exact) mass is 209 g/mol. The Hall–Kier alpha value is -2.11. The minimum Gasteiger partial charge on any atom is -0.465 e. The van der Waals surface area contributed by atoms with E-state index in [1.807, 2.05) is 0 Å². The van der Waals surface area contributed by atoms with Gasteiger partial charge in [-0.2, -0.15) is 0 Å². The first-order valence-electron chi connectivity index (χ1n) is 4.15. The summed E-state index contributed by atoms with van der Waals surface area (Å²) >= 11 is 0. The van der Waals surface area contributed by atoms with Crippen molar-refractivity contribution < 1.29 is 13.9 Å². The number of halogens is 1. The van der Waals surface area contributed by atoms with Gasteiger partial charge >= 0.3 is 5.97 Å². The molecule has 6 heteroatoms. The van der Waals surface area contributed by atoms with Crippen molar-refractivity contribution in [3.05, 3.63) is 23.5 Å². The molecule has 0 fully saturated rings. The van der Waals surface area contributed by atoms with E-state index in [1.54, 1.807) is 0 Å². The first-order valence-corrected chi connectivity index (χ1v) is 4.15. The van der Waals surface area contributed by atoms with Crippen LogP contribution < -0.4 is 5.73 Å². The molecule has 1 aromatic carbocycles. The number of ether oxygens (including phenoxy) is 1. The number of aromatic nitrogens is 2.